The first-order valence-electron chi connectivity index (χ1n) is 8.80. The molecular weight excluding hydrogens is 326 g/mol. The number of carbonyl (C=O) groups excluding carboxylic acids is 1. The lowest BCUT2D eigenvalue weighted by atomic mass is 9.90. The van der Waals surface area contributed by atoms with Crippen molar-refractivity contribution < 1.29 is 9.53 Å². The Balaban J connectivity index is 1.91. The van der Waals surface area contributed by atoms with E-state index in [1.807, 2.05) is 31.2 Å². The number of carbonyl (C=O) groups is 1. The number of para-hydroxylation sites is 1. The second kappa shape index (κ2) is 8.06. The van der Waals surface area contributed by atoms with E-state index in [4.69, 9.17) is 10.5 Å². The van der Waals surface area contributed by atoms with Crippen LogP contribution in [-0.2, 0) is 4.79 Å². The molecule has 0 aliphatic rings. The van der Waals surface area contributed by atoms with Gasteiger partial charge >= 0.3 is 0 Å². The number of hydrogen-bond donors (Lipinski definition) is 3. The number of hydrogen-bond acceptors (Lipinski definition) is 3. The summed E-state index contributed by atoms with van der Waals surface area (Å²) in [6, 6.07) is 16.4. The Morgan fingerprint density at radius 3 is 2.62 bits per heavy atom. The van der Waals surface area contributed by atoms with Crippen molar-refractivity contribution in [2.24, 2.45) is 5.73 Å². The fraction of sp³-hybridized carbons (Fsp3) is 0.286. The number of H-pyrrole nitrogens is 1. The molecule has 0 fully saturated rings. The molecule has 3 rings (SSSR count). The minimum atomic E-state index is -0.293. The summed E-state index contributed by atoms with van der Waals surface area (Å²) in [6.07, 6.45) is 2.39. The van der Waals surface area contributed by atoms with Crippen LogP contribution in [0.25, 0.3) is 10.9 Å². The van der Waals surface area contributed by atoms with Crippen LogP contribution < -0.4 is 15.8 Å². The van der Waals surface area contributed by atoms with E-state index < -0.39 is 0 Å². The van der Waals surface area contributed by atoms with Crippen LogP contribution in [0.2, 0.25) is 0 Å². The standard InChI is InChI=1S/C21H25N3O2/c1-14(11-21(22)25)23-12-18(15-7-9-16(26-2)10-8-15)19-13-24-20-6-4-3-5-17(19)20/h3-10,13-14,18,23-24H,11-12H2,1-2H3,(H2,22,25)/t14-,18+/m1/s1. The lowest BCUT2D eigenvalue weighted by molar-refractivity contribution is -0.118. The first-order valence-corrected chi connectivity index (χ1v) is 8.80. The summed E-state index contributed by atoms with van der Waals surface area (Å²) in [4.78, 5) is 14.5. The molecule has 1 aromatic heterocycles. The van der Waals surface area contributed by atoms with Crippen molar-refractivity contribution in [1.82, 2.24) is 10.3 Å². The largest absolute Gasteiger partial charge is 0.497 e. The van der Waals surface area contributed by atoms with Crippen molar-refractivity contribution in [1.29, 1.82) is 0 Å². The Morgan fingerprint density at radius 1 is 1.19 bits per heavy atom. The molecular formula is C21H25N3O2. The molecule has 0 spiro atoms. The fourth-order valence-electron chi connectivity index (χ4n) is 3.32. The van der Waals surface area contributed by atoms with Gasteiger partial charge in [-0.25, -0.2) is 0 Å². The summed E-state index contributed by atoms with van der Waals surface area (Å²) in [7, 11) is 1.67. The highest BCUT2D eigenvalue weighted by molar-refractivity contribution is 5.84. The predicted molar refractivity (Wildman–Crippen MR) is 104 cm³/mol. The summed E-state index contributed by atoms with van der Waals surface area (Å²) >= 11 is 0. The van der Waals surface area contributed by atoms with Crippen molar-refractivity contribution in [3.63, 3.8) is 0 Å². The number of amides is 1. The van der Waals surface area contributed by atoms with Gasteiger partial charge in [-0.1, -0.05) is 30.3 Å². The lowest BCUT2D eigenvalue weighted by Gasteiger charge is -2.21. The van der Waals surface area contributed by atoms with Gasteiger partial charge in [0.2, 0.25) is 5.91 Å². The summed E-state index contributed by atoms with van der Waals surface area (Å²) in [5.74, 6) is 0.687. The third-order valence-corrected chi connectivity index (χ3v) is 4.69. The molecule has 0 unspecified atom stereocenters. The number of benzene rings is 2. The van der Waals surface area contributed by atoms with E-state index in [0.717, 1.165) is 11.3 Å². The van der Waals surface area contributed by atoms with E-state index >= 15 is 0 Å². The maximum atomic E-state index is 11.2. The van der Waals surface area contributed by atoms with Gasteiger partial charge in [-0.3, -0.25) is 4.79 Å². The molecule has 0 bridgehead atoms. The van der Waals surface area contributed by atoms with Crippen LogP contribution in [0.1, 0.15) is 30.4 Å². The van der Waals surface area contributed by atoms with E-state index in [2.05, 4.69) is 40.8 Å². The van der Waals surface area contributed by atoms with Gasteiger partial charge < -0.3 is 20.8 Å². The fourth-order valence-corrected chi connectivity index (χ4v) is 3.32. The van der Waals surface area contributed by atoms with Crippen LogP contribution in [0.4, 0.5) is 0 Å². The van der Waals surface area contributed by atoms with Crippen molar-refractivity contribution in [3.8, 4) is 5.75 Å². The smallest absolute Gasteiger partial charge is 0.218 e. The number of nitrogens with one attached hydrogen (secondary N) is 2. The molecule has 2 aromatic carbocycles. The van der Waals surface area contributed by atoms with Crippen LogP contribution in [0, 0.1) is 0 Å². The maximum Gasteiger partial charge on any atom is 0.218 e. The Labute approximate surface area is 153 Å². The van der Waals surface area contributed by atoms with Gasteiger partial charge in [0.15, 0.2) is 0 Å². The summed E-state index contributed by atoms with van der Waals surface area (Å²) in [6.45, 7) is 2.69. The lowest BCUT2D eigenvalue weighted by Crippen LogP contribution is -2.34. The molecule has 1 amide bonds. The molecule has 136 valence electrons. The van der Waals surface area contributed by atoms with Gasteiger partial charge in [-0.2, -0.15) is 0 Å². The number of ether oxygens (including phenoxy) is 1. The number of nitrogens with two attached hydrogens (primary N) is 1. The zero-order chi connectivity index (χ0) is 18.5. The molecule has 26 heavy (non-hydrogen) atoms. The molecule has 0 aliphatic carbocycles. The number of rotatable bonds is 8. The number of aromatic amines is 1. The van der Waals surface area contributed by atoms with Crippen LogP contribution in [0.15, 0.2) is 54.7 Å². The van der Waals surface area contributed by atoms with E-state index in [9.17, 15) is 4.79 Å². The summed E-state index contributed by atoms with van der Waals surface area (Å²) in [5, 5.41) is 4.65. The van der Waals surface area contributed by atoms with Crippen molar-refractivity contribution in [2.45, 2.75) is 25.3 Å². The second-order valence-electron chi connectivity index (χ2n) is 6.60. The highest BCUT2D eigenvalue weighted by atomic mass is 16.5. The summed E-state index contributed by atoms with van der Waals surface area (Å²) in [5.41, 5.74) is 8.85. The van der Waals surface area contributed by atoms with Crippen molar-refractivity contribution in [3.05, 3.63) is 65.9 Å². The van der Waals surface area contributed by atoms with Gasteiger partial charge in [0.1, 0.15) is 5.75 Å². The number of primary amides is 1. The Kier molecular flexibility index (Phi) is 5.58. The number of methoxy groups -OCH3 is 1. The van der Waals surface area contributed by atoms with Gasteiger partial charge in [0, 0.05) is 42.0 Å². The molecule has 0 aliphatic heterocycles. The molecule has 1 heterocycles. The van der Waals surface area contributed by atoms with Crippen LogP contribution in [0.3, 0.4) is 0 Å². The van der Waals surface area contributed by atoms with Crippen LogP contribution >= 0.6 is 0 Å². The Bertz CT molecular complexity index is 870. The number of aromatic nitrogens is 1. The molecule has 2 atom stereocenters. The third kappa shape index (κ3) is 4.06. The zero-order valence-electron chi connectivity index (χ0n) is 15.2. The van der Waals surface area contributed by atoms with Gasteiger partial charge in [-0.15, -0.1) is 0 Å². The second-order valence-corrected chi connectivity index (χ2v) is 6.60. The molecule has 4 N–H and O–H groups in total. The highest BCUT2D eigenvalue weighted by Crippen LogP contribution is 2.31. The van der Waals surface area contributed by atoms with Gasteiger partial charge in [0.25, 0.3) is 0 Å². The highest BCUT2D eigenvalue weighted by Gasteiger charge is 2.19. The zero-order valence-corrected chi connectivity index (χ0v) is 15.2. The normalized spacial score (nSPS) is 13.5. The van der Waals surface area contributed by atoms with Crippen LogP contribution in [-0.4, -0.2) is 30.6 Å². The SMILES string of the molecule is COc1ccc([C@H](CN[C@H](C)CC(N)=O)c2c[nH]c3ccccc23)cc1. The van der Waals surface area contributed by atoms with E-state index in [1.165, 1.54) is 16.5 Å². The molecule has 3 aromatic rings. The third-order valence-electron chi connectivity index (χ3n) is 4.69. The van der Waals surface area contributed by atoms with E-state index in [-0.39, 0.29) is 17.9 Å². The predicted octanol–water partition coefficient (Wildman–Crippen LogP) is 3.16. The summed E-state index contributed by atoms with van der Waals surface area (Å²) < 4.78 is 5.28. The minimum absolute atomic E-state index is 0.0263. The average molecular weight is 351 g/mol. The van der Waals surface area contributed by atoms with Gasteiger partial charge in [0.05, 0.1) is 7.11 Å². The first kappa shape index (κ1) is 18.0. The topological polar surface area (TPSA) is 80.1 Å². The molecule has 5 heteroatoms. The first-order chi connectivity index (χ1) is 12.6. The van der Waals surface area contributed by atoms with Crippen molar-refractivity contribution >= 4 is 16.8 Å². The monoisotopic (exact) mass is 351 g/mol. The Hall–Kier alpha value is -2.79. The molecule has 0 saturated carbocycles. The van der Waals surface area contributed by atoms with Crippen LogP contribution in [0.5, 0.6) is 5.75 Å². The molecule has 0 radical (unpaired) electrons. The Morgan fingerprint density at radius 2 is 1.92 bits per heavy atom. The maximum absolute atomic E-state index is 11.2. The number of fused-ring (bicyclic) bond motifs is 1. The minimum Gasteiger partial charge on any atom is -0.497 e. The van der Waals surface area contributed by atoms with Gasteiger partial charge in [-0.05, 0) is 36.2 Å². The van der Waals surface area contributed by atoms with E-state index in [1.54, 1.807) is 7.11 Å². The quantitative estimate of drug-likeness (QED) is 0.583. The van der Waals surface area contributed by atoms with E-state index in [0.29, 0.717) is 13.0 Å². The average Bonchev–Trinajstić information content (AvgIpc) is 3.06. The molecule has 0 saturated heterocycles. The van der Waals surface area contributed by atoms with Crippen molar-refractivity contribution in [2.75, 3.05) is 13.7 Å². The molecule has 5 nitrogen and oxygen atoms in total.